The Bertz CT molecular complexity index is 1180. The van der Waals surface area contributed by atoms with E-state index in [9.17, 15) is 4.79 Å². The van der Waals surface area contributed by atoms with Gasteiger partial charge in [-0.15, -0.1) is 0 Å². The quantitative estimate of drug-likeness (QED) is 0.0758. The highest BCUT2D eigenvalue weighted by Crippen LogP contribution is 2.23. The molecule has 0 aliphatic rings. The lowest BCUT2D eigenvalue weighted by molar-refractivity contribution is 0.0447. The third-order valence-corrected chi connectivity index (χ3v) is 8.98. The van der Waals surface area contributed by atoms with Crippen molar-refractivity contribution in [2.75, 3.05) is 13.2 Å². The average molecular weight is 601 g/mol. The highest BCUT2D eigenvalue weighted by molar-refractivity contribution is 5.89. The van der Waals surface area contributed by atoms with Crippen molar-refractivity contribution in [3.05, 3.63) is 77.4 Å². The molecule has 0 N–H and O–H groups in total. The Morgan fingerprint density at radius 2 is 1.14 bits per heavy atom. The number of carbonyl (C=O) groups excluding carboxylic acids is 1. The molecule has 44 heavy (non-hydrogen) atoms. The molecule has 0 aliphatic carbocycles. The van der Waals surface area contributed by atoms with Gasteiger partial charge in [-0.3, -0.25) is 0 Å². The number of esters is 1. The minimum Gasteiger partial charge on any atom is -0.494 e. The van der Waals surface area contributed by atoms with Gasteiger partial charge in [0.05, 0.1) is 18.8 Å². The van der Waals surface area contributed by atoms with Crippen LogP contribution in [-0.2, 0) is 17.6 Å². The number of ether oxygens (including phenoxy) is 2. The van der Waals surface area contributed by atoms with E-state index in [0.717, 1.165) is 38.0 Å². The zero-order chi connectivity index (χ0) is 31.2. The molecule has 0 saturated heterocycles. The van der Waals surface area contributed by atoms with Crippen molar-refractivity contribution >= 4 is 16.7 Å². The number of carbonyl (C=O) groups is 1. The third-order valence-electron chi connectivity index (χ3n) is 8.98. The van der Waals surface area contributed by atoms with Crippen molar-refractivity contribution in [2.24, 2.45) is 5.92 Å². The number of fused-ring (bicyclic) bond motifs is 1. The van der Waals surface area contributed by atoms with Crippen LogP contribution in [0.2, 0.25) is 0 Å². The van der Waals surface area contributed by atoms with Gasteiger partial charge in [0.25, 0.3) is 0 Å². The van der Waals surface area contributed by atoms with Crippen LogP contribution in [0, 0.1) is 5.92 Å². The molecule has 0 radical (unpaired) electrons. The summed E-state index contributed by atoms with van der Waals surface area (Å²) in [6.45, 7) is 7.77. The topological polar surface area (TPSA) is 35.5 Å². The summed E-state index contributed by atoms with van der Waals surface area (Å²) in [5.41, 5.74) is 3.17. The van der Waals surface area contributed by atoms with E-state index in [1.165, 1.54) is 112 Å². The SMILES string of the molecule is CCCCCCCCCCCCCCCCCOc1ccc2cc(CCc3ccc(C(=O)OC[C@H](C)CC)cc3)ccc2c1. The maximum atomic E-state index is 12.3. The zero-order valence-corrected chi connectivity index (χ0v) is 28.2. The minimum absolute atomic E-state index is 0.232. The van der Waals surface area contributed by atoms with Gasteiger partial charge in [0.1, 0.15) is 5.75 Å². The second kappa shape index (κ2) is 21.8. The Morgan fingerprint density at radius 3 is 1.75 bits per heavy atom. The van der Waals surface area contributed by atoms with Crippen molar-refractivity contribution in [1.29, 1.82) is 0 Å². The first-order valence-corrected chi connectivity index (χ1v) is 18.0. The first kappa shape index (κ1) is 35.7. The standard InChI is InChI=1S/C41H60O3/c1-4-6-7-8-9-10-11-12-13-14-15-16-17-18-19-30-43-40-29-28-38-31-36(24-27-39(38)32-40)21-20-35-22-25-37(26-23-35)41(42)44-33-34(3)5-2/h22-29,31-32,34H,4-21,30,33H2,1-3H3/t34-/m1/s1. The van der Waals surface area contributed by atoms with Gasteiger partial charge in [-0.05, 0) is 71.3 Å². The normalized spacial score (nSPS) is 12.0. The Kier molecular flexibility index (Phi) is 17.7. The summed E-state index contributed by atoms with van der Waals surface area (Å²) in [7, 11) is 0. The lowest BCUT2D eigenvalue weighted by Crippen LogP contribution is -2.11. The van der Waals surface area contributed by atoms with E-state index in [0.29, 0.717) is 18.1 Å². The van der Waals surface area contributed by atoms with Crippen LogP contribution in [0.3, 0.4) is 0 Å². The molecule has 1 atom stereocenters. The average Bonchev–Trinajstić information content (AvgIpc) is 3.06. The van der Waals surface area contributed by atoms with Gasteiger partial charge in [-0.2, -0.15) is 0 Å². The zero-order valence-electron chi connectivity index (χ0n) is 28.2. The van der Waals surface area contributed by atoms with Gasteiger partial charge in [0.2, 0.25) is 0 Å². The van der Waals surface area contributed by atoms with Gasteiger partial charge in [-0.25, -0.2) is 4.79 Å². The monoisotopic (exact) mass is 600 g/mol. The summed E-state index contributed by atoms with van der Waals surface area (Å²) >= 11 is 0. The van der Waals surface area contributed by atoms with E-state index < -0.39 is 0 Å². The van der Waals surface area contributed by atoms with E-state index in [4.69, 9.17) is 9.47 Å². The van der Waals surface area contributed by atoms with Gasteiger partial charge < -0.3 is 9.47 Å². The predicted molar refractivity (Wildman–Crippen MR) is 188 cm³/mol. The second-order valence-corrected chi connectivity index (χ2v) is 13.0. The Morgan fingerprint density at radius 1 is 0.614 bits per heavy atom. The number of aryl methyl sites for hydroxylation is 2. The van der Waals surface area contributed by atoms with Crippen LogP contribution in [0.5, 0.6) is 5.75 Å². The van der Waals surface area contributed by atoms with E-state index >= 15 is 0 Å². The maximum Gasteiger partial charge on any atom is 0.338 e. The van der Waals surface area contributed by atoms with Crippen molar-refractivity contribution in [2.45, 2.75) is 136 Å². The van der Waals surface area contributed by atoms with Crippen LogP contribution in [0.25, 0.3) is 10.8 Å². The van der Waals surface area contributed by atoms with Gasteiger partial charge in [0, 0.05) is 0 Å². The summed E-state index contributed by atoms with van der Waals surface area (Å²) < 4.78 is 11.5. The summed E-state index contributed by atoms with van der Waals surface area (Å²) in [6.07, 6.45) is 23.6. The number of unbranched alkanes of at least 4 members (excludes halogenated alkanes) is 14. The van der Waals surface area contributed by atoms with Crippen LogP contribution < -0.4 is 4.74 Å². The minimum atomic E-state index is -0.232. The molecule has 0 spiro atoms. The molecule has 0 saturated carbocycles. The van der Waals surface area contributed by atoms with Crippen LogP contribution in [0.15, 0.2) is 60.7 Å². The Balaban J connectivity index is 1.26. The van der Waals surface area contributed by atoms with E-state index in [2.05, 4.69) is 57.2 Å². The van der Waals surface area contributed by atoms with Gasteiger partial charge in [-0.1, -0.05) is 153 Å². The first-order chi connectivity index (χ1) is 21.6. The molecule has 3 aromatic rings. The molecule has 0 fully saturated rings. The molecule has 0 aromatic heterocycles. The number of hydrogen-bond acceptors (Lipinski definition) is 3. The van der Waals surface area contributed by atoms with Crippen molar-refractivity contribution in [3.63, 3.8) is 0 Å². The molecule has 3 rings (SSSR count). The molecule has 242 valence electrons. The highest BCUT2D eigenvalue weighted by atomic mass is 16.5. The van der Waals surface area contributed by atoms with Gasteiger partial charge >= 0.3 is 5.97 Å². The highest BCUT2D eigenvalue weighted by Gasteiger charge is 2.09. The molecule has 3 aromatic carbocycles. The molecular formula is C41H60O3. The molecule has 0 bridgehead atoms. The smallest absolute Gasteiger partial charge is 0.338 e. The van der Waals surface area contributed by atoms with Crippen LogP contribution in [0.4, 0.5) is 0 Å². The second-order valence-electron chi connectivity index (χ2n) is 13.0. The Labute approximate surface area is 269 Å². The van der Waals surface area contributed by atoms with E-state index in [1.54, 1.807) is 0 Å². The van der Waals surface area contributed by atoms with Crippen molar-refractivity contribution < 1.29 is 14.3 Å². The molecule has 0 aliphatic heterocycles. The molecule has 0 amide bonds. The van der Waals surface area contributed by atoms with Crippen LogP contribution in [-0.4, -0.2) is 19.2 Å². The number of rotatable bonds is 24. The van der Waals surface area contributed by atoms with Crippen LogP contribution in [0.1, 0.15) is 145 Å². The maximum absolute atomic E-state index is 12.3. The molecule has 3 nitrogen and oxygen atoms in total. The molecular weight excluding hydrogens is 540 g/mol. The third kappa shape index (κ3) is 14.3. The predicted octanol–water partition coefficient (Wildman–Crippen LogP) is 12.1. The summed E-state index contributed by atoms with van der Waals surface area (Å²) in [4.78, 5) is 12.3. The van der Waals surface area contributed by atoms with Crippen molar-refractivity contribution in [1.82, 2.24) is 0 Å². The lowest BCUT2D eigenvalue weighted by Gasteiger charge is -2.10. The van der Waals surface area contributed by atoms with E-state index in [1.807, 2.05) is 24.3 Å². The van der Waals surface area contributed by atoms with E-state index in [-0.39, 0.29) is 5.97 Å². The molecule has 0 unspecified atom stereocenters. The summed E-state index contributed by atoms with van der Waals surface area (Å²) in [5, 5.41) is 2.48. The lowest BCUT2D eigenvalue weighted by atomic mass is 10.0. The molecule has 3 heteroatoms. The fraction of sp³-hybridized carbons (Fsp3) is 0.585. The fourth-order valence-corrected chi connectivity index (χ4v) is 5.70. The first-order valence-electron chi connectivity index (χ1n) is 18.0. The number of hydrogen-bond donors (Lipinski definition) is 0. The van der Waals surface area contributed by atoms with Crippen molar-refractivity contribution in [3.8, 4) is 5.75 Å². The summed E-state index contributed by atoms with van der Waals surface area (Å²) in [6, 6.07) is 21.0. The summed E-state index contributed by atoms with van der Waals surface area (Å²) in [5.74, 6) is 1.13. The Hall–Kier alpha value is -2.81. The number of benzene rings is 3. The fourth-order valence-electron chi connectivity index (χ4n) is 5.70. The largest absolute Gasteiger partial charge is 0.494 e. The van der Waals surface area contributed by atoms with Crippen LogP contribution >= 0.6 is 0 Å². The van der Waals surface area contributed by atoms with Gasteiger partial charge in [0.15, 0.2) is 0 Å². The molecule has 0 heterocycles.